The molecule has 0 saturated carbocycles. The second-order valence-corrected chi connectivity index (χ2v) is 4.85. The zero-order chi connectivity index (χ0) is 11.5. The van der Waals surface area contributed by atoms with Gasteiger partial charge in [0.15, 0.2) is 0 Å². The van der Waals surface area contributed by atoms with Gasteiger partial charge in [0.1, 0.15) is 0 Å². The third kappa shape index (κ3) is 2.14. The smallest absolute Gasteiger partial charge is 0.0628 e. The van der Waals surface area contributed by atoms with Crippen LogP contribution in [0.1, 0.15) is 49.1 Å². The first-order valence-corrected chi connectivity index (χ1v) is 6.47. The van der Waals surface area contributed by atoms with Gasteiger partial charge in [-0.3, -0.25) is 4.68 Å². The number of rotatable bonds is 3. The highest BCUT2D eigenvalue weighted by molar-refractivity contribution is 5.29. The second kappa shape index (κ2) is 5.00. The zero-order valence-corrected chi connectivity index (χ0v) is 10.7. The van der Waals surface area contributed by atoms with E-state index in [1.54, 1.807) is 0 Å². The van der Waals surface area contributed by atoms with Gasteiger partial charge in [0, 0.05) is 18.7 Å². The number of aryl methyl sites for hydroxylation is 2. The van der Waals surface area contributed by atoms with Crippen LogP contribution in [-0.4, -0.2) is 22.9 Å². The van der Waals surface area contributed by atoms with Gasteiger partial charge in [-0.2, -0.15) is 5.10 Å². The quantitative estimate of drug-likeness (QED) is 0.847. The largest absolute Gasteiger partial charge is 0.317 e. The van der Waals surface area contributed by atoms with Crippen LogP contribution in [-0.2, 0) is 13.5 Å². The summed E-state index contributed by atoms with van der Waals surface area (Å²) in [6.45, 7) is 6.70. The molecular formula is C13H23N3. The van der Waals surface area contributed by atoms with Crippen LogP contribution in [0, 0.1) is 6.92 Å². The standard InChI is InChI=1S/C13H23N3/c1-4-5-12-10(2)15-16(3)13(12)11-6-8-14-9-7-11/h11,14H,4-9H2,1-3H3. The molecule has 1 saturated heterocycles. The number of nitrogens with one attached hydrogen (secondary N) is 1. The van der Waals surface area contributed by atoms with Crippen molar-refractivity contribution >= 4 is 0 Å². The molecule has 0 spiro atoms. The van der Waals surface area contributed by atoms with Gasteiger partial charge in [-0.15, -0.1) is 0 Å². The molecule has 3 heteroatoms. The molecule has 1 fully saturated rings. The Morgan fingerprint density at radius 3 is 2.69 bits per heavy atom. The van der Waals surface area contributed by atoms with E-state index in [0.29, 0.717) is 5.92 Å². The van der Waals surface area contributed by atoms with Crippen molar-refractivity contribution in [3.05, 3.63) is 17.0 Å². The predicted molar refractivity (Wildman–Crippen MR) is 66.8 cm³/mol. The van der Waals surface area contributed by atoms with Crippen molar-refractivity contribution in [2.45, 2.75) is 45.4 Å². The first kappa shape index (κ1) is 11.6. The summed E-state index contributed by atoms with van der Waals surface area (Å²) >= 11 is 0. The third-order valence-electron chi connectivity index (χ3n) is 3.62. The van der Waals surface area contributed by atoms with Gasteiger partial charge in [0.25, 0.3) is 0 Å². The summed E-state index contributed by atoms with van der Waals surface area (Å²) in [7, 11) is 2.10. The molecule has 0 aromatic carbocycles. The average Bonchev–Trinajstić information content (AvgIpc) is 2.56. The maximum atomic E-state index is 4.60. The lowest BCUT2D eigenvalue weighted by Gasteiger charge is -2.24. The molecule has 1 N–H and O–H groups in total. The molecule has 1 aromatic rings. The molecule has 2 rings (SSSR count). The van der Waals surface area contributed by atoms with Crippen LogP contribution in [0.5, 0.6) is 0 Å². The number of hydrogen-bond acceptors (Lipinski definition) is 2. The number of nitrogens with zero attached hydrogens (tertiary/aromatic N) is 2. The van der Waals surface area contributed by atoms with Crippen molar-refractivity contribution in [2.24, 2.45) is 7.05 Å². The van der Waals surface area contributed by atoms with Crippen LogP contribution in [0.4, 0.5) is 0 Å². The molecule has 3 nitrogen and oxygen atoms in total. The van der Waals surface area contributed by atoms with Crippen molar-refractivity contribution < 1.29 is 0 Å². The fraction of sp³-hybridized carbons (Fsp3) is 0.769. The predicted octanol–water partition coefficient (Wildman–Crippen LogP) is 2.15. The van der Waals surface area contributed by atoms with E-state index >= 15 is 0 Å². The van der Waals surface area contributed by atoms with E-state index in [1.165, 1.54) is 42.6 Å². The third-order valence-corrected chi connectivity index (χ3v) is 3.62. The van der Waals surface area contributed by atoms with Crippen LogP contribution in [0.3, 0.4) is 0 Å². The minimum atomic E-state index is 0.717. The van der Waals surface area contributed by atoms with Crippen molar-refractivity contribution in [2.75, 3.05) is 13.1 Å². The molecule has 0 amide bonds. The van der Waals surface area contributed by atoms with Gasteiger partial charge in [-0.25, -0.2) is 0 Å². The molecule has 0 radical (unpaired) electrons. The molecule has 0 aliphatic carbocycles. The summed E-state index contributed by atoms with van der Waals surface area (Å²) in [4.78, 5) is 0. The Balaban J connectivity index is 2.29. The van der Waals surface area contributed by atoms with Gasteiger partial charge < -0.3 is 5.32 Å². The van der Waals surface area contributed by atoms with Crippen LogP contribution in [0.2, 0.25) is 0 Å². The maximum absolute atomic E-state index is 4.60. The minimum absolute atomic E-state index is 0.717. The fourth-order valence-corrected chi connectivity index (χ4v) is 2.88. The van der Waals surface area contributed by atoms with E-state index < -0.39 is 0 Å². The summed E-state index contributed by atoms with van der Waals surface area (Å²) in [5.41, 5.74) is 4.25. The summed E-state index contributed by atoms with van der Waals surface area (Å²) in [6, 6.07) is 0. The topological polar surface area (TPSA) is 29.9 Å². The van der Waals surface area contributed by atoms with E-state index in [9.17, 15) is 0 Å². The minimum Gasteiger partial charge on any atom is -0.317 e. The van der Waals surface area contributed by atoms with Crippen molar-refractivity contribution in [1.29, 1.82) is 0 Å². The summed E-state index contributed by atoms with van der Waals surface area (Å²) in [5, 5.41) is 8.03. The van der Waals surface area contributed by atoms with Gasteiger partial charge >= 0.3 is 0 Å². The Bertz CT molecular complexity index is 348. The Labute approximate surface area is 98.2 Å². The number of aromatic nitrogens is 2. The monoisotopic (exact) mass is 221 g/mol. The van der Waals surface area contributed by atoms with E-state index in [1.807, 2.05) is 0 Å². The Kier molecular flexibility index (Phi) is 3.64. The first-order valence-electron chi connectivity index (χ1n) is 6.47. The Morgan fingerprint density at radius 1 is 1.38 bits per heavy atom. The number of hydrogen-bond donors (Lipinski definition) is 1. The molecular weight excluding hydrogens is 198 g/mol. The summed E-state index contributed by atoms with van der Waals surface area (Å²) in [5.74, 6) is 0.717. The van der Waals surface area contributed by atoms with Crippen LogP contribution < -0.4 is 5.32 Å². The number of piperidine rings is 1. The van der Waals surface area contributed by atoms with E-state index in [-0.39, 0.29) is 0 Å². The normalized spacial score (nSPS) is 17.9. The van der Waals surface area contributed by atoms with E-state index in [4.69, 9.17) is 0 Å². The molecule has 16 heavy (non-hydrogen) atoms. The van der Waals surface area contributed by atoms with Crippen molar-refractivity contribution in [3.63, 3.8) is 0 Å². The Morgan fingerprint density at radius 2 is 2.06 bits per heavy atom. The Hall–Kier alpha value is -0.830. The lowest BCUT2D eigenvalue weighted by molar-refractivity contribution is 0.437. The highest BCUT2D eigenvalue weighted by Gasteiger charge is 2.23. The average molecular weight is 221 g/mol. The molecule has 0 bridgehead atoms. The molecule has 1 aliphatic rings. The highest BCUT2D eigenvalue weighted by Crippen LogP contribution is 2.29. The first-order chi connectivity index (χ1) is 7.74. The fourth-order valence-electron chi connectivity index (χ4n) is 2.88. The summed E-state index contributed by atoms with van der Waals surface area (Å²) < 4.78 is 2.12. The van der Waals surface area contributed by atoms with E-state index in [2.05, 4.69) is 36.0 Å². The van der Waals surface area contributed by atoms with Gasteiger partial charge in [0.05, 0.1) is 5.69 Å². The lowest BCUT2D eigenvalue weighted by atomic mass is 9.90. The molecule has 0 atom stereocenters. The van der Waals surface area contributed by atoms with Gasteiger partial charge in [0.2, 0.25) is 0 Å². The highest BCUT2D eigenvalue weighted by atomic mass is 15.3. The van der Waals surface area contributed by atoms with Crippen molar-refractivity contribution in [1.82, 2.24) is 15.1 Å². The maximum Gasteiger partial charge on any atom is 0.0628 e. The van der Waals surface area contributed by atoms with Gasteiger partial charge in [-0.1, -0.05) is 13.3 Å². The SMILES string of the molecule is CCCc1c(C)nn(C)c1C1CCNCC1. The zero-order valence-electron chi connectivity index (χ0n) is 10.7. The van der Waals surface area contributed by atoms with Crippen molar-refractivity contribution in [3.8, 4) is 0 Å². The van der Waals surface area contributed by atoms with Crippen LogP contribution >= 0.6 is 0 Å². The van der Waals surface area contributed by atoms with E-state index in [0.717, 1.165) is 13.1 Å². The van der Waals surface area contributed by atoms with Crippen LogP contribution in [0.25, 0.3) is 0 Å². The second-order valence-electron chi connectivity index (χ2n) is 4.85. The molecule has 1 aromatic heterocycles. The molecule has 0 unspecified atom stereocenters. The molecule has 2 heterocycles. The molecule has 1 aliphatic heterocycles. The van der Waals surface area contributed by atoms with Gasteiger partial charge in [-0.05, 0) is 44.8 Å². The molecule has 90 valence electrons. The summed E-state index contributed by atoms with van der Waals surface area (Å²) in [6.07, 6.45) is 4.91. The lowest BCUT2D eigenvalue weighted by Crippen LogP contribution is -2.28. The van der Waals surface area contributed by atoms with Crippen LogP contribution in [0.15, 0.2) is 0 Å².